The van der Waals surface area contributed by atoms with Gasteiger partial charge < -0.3 is 9.88 Å². The van der Waals surface area contributed by atoms with Gasteiger partial charge in [0.15, 0.2) is 0 Å². The quantitative estimate of drug-likeness (QED) is 0.743. The van der Waals surface area contributed by atoms with Gasteiger partial charge in [-0.25, -0.2) is 0 Å². The molecule has 3 rings (SSSR count). The molecular weight excluding hydrogens is 368 g/mol. The molecule has 1 aromatic heterocycles. The Bertz CT molecular complexity index is 903. The Labute approximate surface area is 147 Å². The van der Waals surface area contributed by atoms with Gasteiger partial charge in [0.25, 0.3) is 5.56 Å². The SMILES string of the molecule is O=C(Cn1cc(Br)ccc1=O)Nc1ccc(-c2ccccc2)cc1. The molecule has 0 bridgehead atoms. The van der Waals surface area contributed by atoms with Crippen LogP contribution in [0.15, 0.2) is 82.2 Å². The highest BCUT2D eigenvalue weighted by molar-refractivity contribution is 9.10. The summed E-state index contributed by atoms with van der Waals surface area (Å²) in [5.74, 6) is -0.248. The lowest BCUT2D eigenvalue weighted by atomic mass is 10.1. The molecule has 0 saturated heterocycles. The van der Waals surface area contributed by atoms with Crippen molar-refractivity contribution in [2.45, 2.75) is 6.54 Å². The Balaban J connectivity index is 1.69. The van der Waals surface area contributed by atoms with Crippen molar-refractivity contribution < 1.29 is 4.79 Å². The third-order valence-corrected chi connectivity index (χ3v) is 4.01. The normalized spacial score (nSPS) is 10.4. The van der Waals surface area contributed by atoms with Gasteiger partial charge in [-0.15, -0.1) is 0 Å². The van der Waals surface area contributed by atoms with E-state index in [0.717, 1.165) is 15.6 Å². The van der Waals surface area contributed by atoms with E-state index < -0.39 is 0 Å². The molecule has 0 saturated carbocycles. The van der Waals surface area contributed by atoms with Crippen molar-refractivity contribution in [3.05, 3.63) is 87.8 Å². The molecule has 0 unspecified atom stereocenters. The lowest BCUT2D eigenvalue weighted by Gasteiger charge is -2.08. The van der Waals surface area contributed by atoms with Crippen LogP contribution >= 0.6 is 15.9 Å². The number of carbonyl (C=O) groups is 1. The zero-order chi connectivity index (χ0) is 16.9. The summed E-state index contributed by atoms with van der Waals surface area (Å²) in [5, 5.41) is 2.80. The monoisotopic (exact) mass is 382 g/mol. The highest BCUT2D eigenvalue weighted by Gasteiger charge is 2.06. The fraction of sp³-hybridized carbons (Fsp3) is 0.0526. The van der Waals surface area contributed by atoms with Gasteiger partial charge >= 0.3 is 0 Å². The van der Waals surface area contributed by atoms with Crippen LogP contribution in [0.3, 0.4) is 0 Å². The Morgan fingerprint density at radius 2 is 1.58 bits per heavy atom. The van der Waals surface area contributed by atoms with Crippen molar-refractivity contribution in [2.24, 2.45) is 0 Å². The van der Waals surface area contributed by atoms with Crippen molar-refractivity contribution in [2.75, 3.05) is 5.32 Å². The minimum atomic E-state index is -0.248. The highest BCUT2D eigenvalue weighted by atomic mass is 79.9. The Morgan fingerprint density at radius 1 is 0.917 bits per heavy atom. The highest BCUT2D eigenvalue weighted by Crippen LogP contribution is 2.20. The number of carbonyl (C=O) groups excluding carboxylic acids is 1. The predicted octanol–water partition coefficient (Wildman–Crippen LogP) is 3.92. The van der Waals surface area contributed by atoms with Gasteiger partial charge in [0, 0.05) is 22.4 Å². The van der Waals surface area contributed by atoms with Crippen LogP contribution in [0.4, 0.5) is 5.69 Å². The summed E-state index contributed by atoms with van der Waals surface area (Å²) in [6, 6.07) is 20.7. The van der Waals surface area contributed by atoms with Crippen LogP contribution in [0.1, 0.15) is 0 Å². The molecule has 2 aromatic carbocycles. The number of nitrogens with zero attached hydrogens (tertiary/aromatic N) is 1. The maximum Gasteiger partial charge on any atom is 0.251 e. The summed E-state index contributed by atoms with van der Waals surface area (Å²) in [4.78, 5) is 23.8. The van der Waals surface area contributed by atoms with Crippen molar-refractivity contribution in [1.29, 1.82) is 0 Å². The molecular formula is C19H15BrN2O2. The number of benzene rings is 2. The minimum Gasteiger partial charge on any atom is -0.325 e. The smallest absolute Gasteiger partial charge is 0.251 e. The lowest BCUT2D eigenvalue weighted by Crippen LogP contribution is -2.26. The second-order valence-electron chi connectivity index (χ2n) is 5.31. The standard InChI is InChI=1S/C19H15BrN2O2/c20-16-8-11-19(24)22(12-16)13-18(23)21-17-9-6-15(7-10-17)14-4-2-1-3-5-14/h1-12H,13H2,(H,21,23). The first kappa shape index (κ1) is 16.2. The zero-order valence-corrected chi connectivity index (χ0v) is 14.4. The van der Waals surface area contributed by atoms with E-state index in [2.05, 4.69) is 21.2 Å². The summed E-state index contributed by atoms with van der Waals surface area (Å²) < 4.78 is 2.11. The number of pyridine rings is 1. The average Bonchev–Trinajstić information content (AvgIpc) is 2.59. The summed E-state index contributed by atoms with van der Waals surface area (Å²) in [6.45, 7) is -0.0291. The Morgan fingerprint density at radius 3 is 2.29 bits per heavy atom. The van der Waals surface area contributed by atoms with E-state index in [4.69, 9.17) is 0 Å². The summed E-state index contributed by atoms with van der Waals surface area (Å²) in [6.07, 6.45) is 1.60. The van der Waals surface area contributed by atoms with Crippen LogP contribution in [-0.4, -0.2) is 10.5 Å². The fourth-order valence-electron chi connectivity index (χ4n) is 2.36. The van der Waals surface area contributed by atoms with Crippen LogP contribution in [0.25, 0.3) is 11.1 Å². The molecule has 5 heteroatoms. The van der Waals surface area contributed by atoms with Gasteiger partial charge in [0.05, 0.1) is 0 Å². The summed E-state index contributed by atoms with van der Waals surface area (Å²) >= 11 is 3.29. The van der Waals surface area contributed by atoms with Crippen molar-refractivity contribution >= 4 is 27.5 Å². The van der Waals surface area contributed by atoms with Gasteiger partial charge in [0.1, 0.15) is 6.54 Å². The first-order chi connectivity index (χ1) is 11.6. The van der Waals surface area contributed by atoms with Gasteiger partial charge in [-0.2, -0.15) is 0 Å². The van der Waals surface area contributed by atoms with E-state index in [1.54, 1.807) is 12.3 Å². The number of hydrogen-bond donors (Lipinski definition) is 1. The molecule has 0 radical (unpaired) electrons. The number of hydrogen-bond acceptors (Lipinski definition) is 2. The number of nitrogens with one attached hydrogen (secondary N) is 1. The summed E-state index contributed by atoms with van der Waals surface area (Å²) in [7, 11) is 0. The molecule has 0 aliphatic heterocycles. The third kappa shape index (κ3) is 4.00. The van der Waals surface area contributed by atoms with Crippen molar-refractivity contribution in [3.8, 4) is 11.1 Å². The van der Waals surface area contributed by atoms with Crippen molar-refractivity contribution in [3.63, 3.8) is 0 Å². The molecule has 0 fully saturated rings. The molecule has 1 amide bonds. The number of halogens is 1. The minimum absolute atomic E-state index is 0.0291. The van der Waals surface area contributed by atoms with E-state index in [1.807, 2.05) is 54.6 Å². The van der Waals surface area contributed by atoms with Crippen molar-refractivity contribution in [1.82, 2.24) is 4.57 Å². The Kier molecular flexibility index (Phi) is 4.91. The molecule has 3 aromatic rings. The molecule has 0 atom stereocenters. The second-order valence-corrected chi connectivity index (χ2v) is 6.22. The van der Waals surface area contributed by atoms with Crippen LogP contribution in [-0.2, 0) is 11.3 Å². The molecule has 0 aliphatic rings. The maximum absolute atomic E-state index is 12.1. The van der Waals surface area contributed by atoms with E-state index in [0.29, 0.717) is 5.69 Å². The fourth-order valence-corrected chi connectivity index (χ4v) is 2.74. The van der Waals surface area contributed by atoms with E-state index >= 15 is 0 Å². The van der Waals surface area contributed by atoms with E-state index in [-0.39, 0.29) is 18.0 Å². The third-order valence-electron chi connectivity index (χ3n) is 3.54. The zero-order valence-electron chi connectivity index (χ0n) is 12.8. The molecule has 1 heterocycles. The molecule has 0 aliphatic carbocycles. The van der Waals surface area contributed by atoms with Gasteiger partial charge in [-0.3, -0.25) is 9.59 Å². The average molecular weight is 383 g/mol. The Hall–Kier alpha value is -2.66. The van der Waals surface area contributed by atoms with Crippen LogP contribution < -0.4 is 10.9 Å². The van der Waals surface area contributed by atoms with Crippen LogP contribution in [0, 0.1) is 0 Å². The molecule has 120 valence electrons. The number of aromatic nitrogens is 1. The molecule has 1 N–H and O–H groups in total. The summed E-state index contributed by atoms with van der Waals surface area (Å²) in [5.41, 5.74) is 2.68. The van der Waals surface area contributed by atoms with E-state index in [1.165, 1.54) is 10.6 Å². The van der Waals surface area contributed by atoms with Crippen LogP contribution in [0.2, 0.25) is 0 Å². The topological polar surface area (TPSA) is 51.1 Å². The lowest BCUT2D eigenvalue weighted by molar-refractivity contribution is -0.116. The van der Waals surface area contributed by atoms with Crippen LogP contribution in [0.5, 0.6) is 0 Å². The van der Waals surface area contributed by atoms with Gasteiger partial charge in [-0.05, 0) is 45.3 Å². The number of amides is 1. The maximum atomic E-state index is 12.1. The molecule has 0 spiro atoms. The molecule has 24 heavy (non-hydrogen) atoms. The second kappa shape index (κ2) is 7.27. The van der Waals surface area contributed by atoms with Gasteiger partial charge in [-0.1, -0.05) is 42.5 Å². The number of anilines is 1. The molecule has 4 nitrogen and oxygen atoms in total. The van der Waals surface area contributed by atoms with E-state index in [9.17, 15) is 9.59 Å². The first-order valence-electron chi connectivity index (χ1n) is 7.43. The number of rotatable bonds is 4. The van der Waals surface area contributed by atoms with Gasteiger partial charge in [0.2, 0.25) is 5.91 Å². The predicted molar refractivity (Wildman–Crippen MR) is 98.9 cm³/mol. The largest absolute Gasteiger partial charge is 0.325 e. The first-order valence-corrected chi connectivity index (χ1v) is 8.22.